The van der Waals surface area contributed by atoms with E-state index in [0.29, 0.717) is 22.4 Å². The van der Waals surface area contributed by atoms with Gasteiger partial charge in [0.25, 0.3) is 0 Å². The summed E-state index contributed by atoms with van der Waals surface area (Å²) in [5.41, 5.74) is 7.55. The van der Waals surface area contributed by atoms with Crippen molar-refractivity contribution in [2.45, 2.75) is 6.92 Å². The molecule has 0 amide bonds. The Bertz CT molecular complexity index is 710. The molecule has 2 aromatic rings. The minimum absolute atomic E-state index is 0.141. The van der Waals surface area contributed by atoms with E-state index in [4.69, 9.17) is 22.4 Å². The van der Waals surface area contributed by atoms with Gasteiger partial charge in [0, 0.05) is 16.8 Å². The number of hydrogen-bond acceptors (Lipinski definition) is 3. The number of benzene rings is 2. The van der Waals surface area contributed by atoms with Crippen LogP contribution in [0.25, 0.3) is 0 Å². The van der Waals surface area contributed by atoms with Crippen LogP contribution in [-0.4, -0.2) is 16.9 Å². The van der Waals surface area contributed by atoms with Crippen LogP contribution in [0.5, 0.6) is 0 Å². The van der Waals surface area contributed by atoms with Crippen LogP contribution in [0.2, 0.25) is 5.02 Å². The smallest absolute Gasteiger partial charge is 0.335 e. The number of rotatable bonds is 3. The average molecular weight is 290 g/mol. The number of aromatic carboxylic acids is 1. The van der Waals surface area contributed by atoms with E-state index in [1.54, 1.807) is 19.1 Å². The fourth-order valence-electron chi connectivity index (χ4n) is 1.91. The molecule has 0 spiro atoms. The summed E-state index contributed by atoms with van der Waals surface area (Å²) >= 11 is 6.01. The van der Waals surface area contributed by atoms with Crippen molar-refractivity contribution < 1.29 is 14.7 Å². The molecule has 4 nitrogen and oxygen atoms in total. The zero-order valence-electron chi connectivity index (χ0n) is 10.7. The lowest BCUT2D eigenvalue weighted by atomic mass is 9.97. The normalized spacial score (nSPS) is 10.3. The predicted octanol–water partition coefficient (Wildman–Crippen LogP) is 3.16. The highest BCUT2D eigenvalue weighted by atomic mass is 35.5. The second kappa shape index (κ2) is 5.35. The van der Waals surface area contributed by atoms with Crippen LogP contribution in [0.15, 0.2) is 36.4 Å². The van der Waals surface area contributed by atoms with Crippen LogP contribution in [0.3, 0.4) is 0 Å². The van der Waals surface area contributed by atoms with E-state index >= 15 is 0 Å². The Labute approximate surface area is 120 Å². The third kappa shape index (κ3) is 2.65. The van der Waals surface area contributed by atoms with Gasteiger partial charge in [0.15, 0.2) is 5.78 Å². The number of ketones is 1. The molecule has 0 heterocycles. The maximum Gasteiger partial charge on any atom is 0.335 e. The van der Waals surface area contributed by atoms with Gasteiger partial charge in [0.1, 0.15) is 0 Å². The Morgan fingerprint density at radius 2 is 1.75 bits per heavy atom. The van der Waals surface area contributed by atoms with Gasteiger partial charge in [-0.25, -0.2) is 4.79 Å². The molecule has 0 aliphatic heterocycles. The molecule has 0 fully saturated rings. The number of nitrogen functional groups attached to an aromatic ring is 1. The van der Waals surface area contributed by atoms with Crippen molar-refractivity contribution in [3.63, 3.8) is 0 Å². The molecule has 2 rings (SSSR count). The van der Waals surface area contributed by atoms with Gasteiger partial charge in [-0.3, -0.25) is 4.79 Å². The van der Waals surface area contributed by atoms with Crippen molar-refractivity contribution >= 4 is 29.0 Å². The molecule has 0 unspecified atom stereocenters. The van der Waals surface area contributed by atoms with Crippen LogP contribution in [-0.2, 0) is 0 Å². The lowest BCUT2D eigenvalue weighted by Gasteiger charge is -2.08. The van der Waals surface area contributed by atoms with Crippen LogP contribution in [0, 0.1) is 6.92 Å². The van der Waals surface area contributed by atoms with Gasteiger partial charge in [0.2, 0.25) is 0 Å². The summed E-state index contributed by atoms with van der Waals surface area (Å²) in [6.45, 7) is 1.69. The van der Waals surface area contributed by atoms with Crippen molar-refractivity contribution in [2.75, 3.05) is 5.73 Å². The van der Waals surface area contributed by atoms with E-state index < -0.39 is 5.97 Å². The first-order valence-corrected chi connectivity index (χ1v) is 6.21. The number of carboxylic acid groups (broad SMARTS) is 1. The third-order valence-electron chi connectivity index (χ3n) is 2.96. The predicted molar refractivity (Wildman–Crippen MR) is 77.4 cm³/mol. The average Bonchev–Trinajstić information content (AvgIpc) is 2.37. The Hall–Kier alpha value is -2.33. The molecule has 3 N–H and O–H groups in total. The van der Waals surface area contributed by atoms with Crippen LogP contribution in [0.1, 0.15) is 31.8 Å². The summed E-state index contributed by atoms with van der Waals surface area (Å²) in [5, 5.41) is 9.19. The summed E-state index contributed by atoms with van der Waals surface area (Å²) in [6, 6.07) is 9.02. The molecule has 0 saturated heterocycles. The van der Waals surface area contributed by atoms with Crippen LogP contribution >= 0.6 is 11.6 Å². The van der Waals surface area contributed by atoms with Gasteiger partial charge in [-0.05, 0) is 48.9 Å². The van der Waals surface area contributed by atoms with Gasteiger partial charge in [-0.1, -0.05) is 11.6 Å². The van der Waals surface area contributed by atoms with Crippen molar-refractivity contribution in [1.82, 2.24) is 0 Å². The quantitative estimate of drug-likeness (QED) is 0.672. The molecule has 0 atom stereocenters. The number of hydrogen-bond donors (Lipinski definition) is 2. The van der Waals surface area contributed by atoms with Crippen LogP contribution < -0.4 is 5.73 Å². The summed E-state index contributed by atoms with van der Waals surface area (Å²) in [6.07, 6.45) is 0. The van der Waals surface area contributed by atoms with Crippen LogP contribution in [0.4, 0.5) is 5.69 Å². The third-order valence-corrected chi connectivity index (χ3v) is 3.27. The summed E-state index contributed by atoms with van der Waals surface area (Å²) in [5.74, 6) is -1.29. The molecule has 102 valence electrons. The number of carbonyl (C=O) groups excluding carboxylic acids is 1. The largest absolute Gasteiger partial charge is 0.478 e. The molecule has 0 aliphatic rings. The zero-order valence-corrected chi connectivity index (χ0v) is 11.4. The fraction of sp³-hybridized carbons (Fsp3) is 0.0667. The SMILES string of the molecule is Cc1cc(C(=O)O)ccc1C(=O)c1ccc(N)cc1Cl. The van der Waals surface area contributed by atoms with E-state index in [1.165, 1.54) is 24.3 Å². The van der Waals surface area contributed by atoms with E-state index in [1.807, 2.05) is 0 Å². The highest BCUT2D eigenvalue weighted by Gasteiger charge is 2.16. The van der Waals surface area contributed by atoms with E-state index in [2.05, 4.69) is 0 Å². The number of carbonyl (C=O) groups is 2. The first-order chi connectivity index (χ1) is 9.40. The Morgan fingerprint density at radius 3 is 2.30 bits per heavy atom. The molecule has 0 bridgehead atoms. The number of carboxylic acids is 1. The molecule has 2 aromatic carbocycles. The van der Waals surface area contributed by atoms with Gasteiger partial charge in [0.05, 0.1) is 10.6 Å². The lowest BCUT2D eigenvalue weighted by Crippen LogP contribution is -2.06. The van der Waals surface area contributed by atoms with Gasteiger partial charge >= 0.3 is 5.97 Å². The van der Waals surface area contributed by atoms with E-state index in [0.717, 1.165) is 0 Å². The number of aryl methyl sites for hydroxylation is 1. The van der Waals surface area contributed by atoms with Crippen molar-refractivity contribution in [2.24, 2.45) is 0 Å². The Kier molecular flexibility index (Phi) is 3.77. The number of halogens is 1. The van der Waals surface area contributed by atoms with Gasteiger partial charge in [-0.2, -0.15) is 0 Å². The Balaban J connectivity index is 2.46. The first-order valence-electron chi connectivity index (χ1n) is 5.84. The number of nitrogens with two attached hydrogens (primary N) is 1. The maximum absolute atomic E-state index is 12.4. The maximum atomic E-state index is 12.4. The highest BCUT2D eigenvalue weighted by Crippen LogP contribution is 2.24. The summed E-state index contributed by atoms with van der Waals surface area (Å²) < 4.78 is 0. The standard InChI is InChI=1S/C15H12ClNO3/c1-8-6-9(15(19)20)2-4-11(8)14(18)12-5-3-10(17)7-13(12)16/h2-7H,17H2,1H3,(H,19,20). The molecular weight excluding hydrogens is 278 g/mol. The molecule has 20 heavy (non-hydrogen) atoms. The second-order valence-corrected chi connectivity index (χ2v) is 4.81. The lowest BCUT2D eigenvalue weighted by molar-refractivity contribution is 0.0696. The fourth-order valence-corrected chi connectivity index (χ4v) is 2.19. The molecular formula is C15H12ClNO3. The molecule has 0 saturated carbocycles. The molecule has 0 aliphatic carbocycles. The molecule has 0 aromatic heterocycles. The van der Waals surface area contributed by atoms with E-state index in [-0.39, 0.29) is 16.4 Å². The summed E-state index contributed by atoms with van der Waals surface area (Å²) in [4.78, 5) is 23.3. The second-order valence-electron chi connectivity index (χ2n) is 4.40. The summed E-state index contributed by atoms with van der Waals surface area (Å²) in [7, 11) is 0. The minimum Gasteiger partial charge on any atom is -0.478 e. The monoisotopic (exact) mass is 289 g/mol. The van der Waals surface area contributed by atoms with Gasteiger partial charge in [-0.15, -0.1) is 0 Å². The molecule has 5 heteroatoms. The van der Waals surface area contributed by atoms with Crippen molar-refractivity contribution in [3.05, 3.63) is 63.7 Å². The van der Waals surface area contributed by atoms with Crippen molar-refractivity contribution in [3.8, 4) is 0 Å². The van der Waals surface area contributed by atoms with Gasteiger partial charge < -0.3 is 10.8 Å². The molecule has 0 radical (unpaired) electrons. The number of anilines is 1. The minimum atomic E-state index is -1.03. The first kappa shape index (κ1) is 14.1. The Morgan fingerprint density at radius 1 is 1.10 bits per heavy atom. The zero-order chi connectivity index (χ0) is 14.9. The highest BCUT2D eigenvalue weighted by molar-refractivity contribution is 6.35. The topological polar surface area (TPSA) is 80.4 Å². The van der Waals surface area contributed by atoms with E-state index in [9.17, 15) is 9.59 Å². The van der Waals surface area contributed by atoms with Crippen molar-refractivity contribution in [1.29, 1.82) is 0 Å².